The standard InChI is InChI=1S/C20H20N6O2/c1-13-12-28-9-8-25(13)19-10-15(4-5-17(27)14-2-3-14)16-11-22-26(20(16)23-19)18-6-7-21-24-18/h6-7,10-11,13-14H,2-3,8-9,12H2,1H3,(H,21,24)/t13-/m1/s1. The minimum absolute atomic E-state index is 0.0206. The third-order valence-corrected chi connectivity index (χ3v) is 5.17. The van der Waals surface area contributed by atoms with Crippen molar-refractivity contribution in [3.8, 4) is 17.7 Å². The number of anilines is 1. The number of carbonyl (C=O) groups is 1. The Labute approximate surface area is 161 Å². The number of nitrogens with zero attached hydrogens (tertiary/aromatic N) is 5. The summed E-state index contributed by atoms with van der Waals surface area (Å²) >= 11 is 0. The topological polar surface area (TPSA) is 88.9 Å². The van der Waals surface area contributed by atoms with Crippen molar-refractivity contribution in [1.29, 1.82) is 0 Å². The predicted octanol–water partition coefficient (Wildman–Crippen LogP) is 1.70. The number of morpholine rings is 1. The SMILES string of the molecule is C[C@@H]1COCCN1c1cc(C#CC(=O)C2CC2)c2cnn(-c3ccn[nH]3)c2n1. The van der Waals surface area contributed by atoms with Crippen molar-refractivity contribution in [2.24, 2.45) is 5.92 Å². The molecule has 1 saturated carbocycles. The molecule has 142 valence electrons. The van der Waals surface area contributed by atoms with Crippen molar-refractivity contribution in [3.05, 3.63) is 30.1 Å². The van der Waals surface area contributed by atoms with E-state index in [1.807, 2.05) is 12.1 Å². The lowest BCUT2D eigenvalue weighted by molar-refractivity contribution is -0.114. The third-order valence-electron chi connectivity index (χ3n) is 5.17. The number of pyridine rings is 1. The van der Waals surface area contributed by atoms with Gasteiger partial charge in [-0.2, -0.15) is 14.9 Å². The summed E-state index contributed by atoms with van der Waals surface area (Å²) in [4.78, 5) is 19.2. The van der Waals surface area contributed by atoms with Gasteiger partial charge in [-0.1, -0.05) is 5.92 Å². The fourth-order valence-corrected chi connectivity index (χ4v) is 3.42. The van der Waals surface area contributed by atoms with Crippen LogP contribution >= 0.6 is 0 Å². The van der Waals surface area contributed by atoms with Gasteiger partial charge in [0.1, 0.15) is 5.82 Å². The smallest absolute Gasteiger partial charge is 0.208 e. The fraction of sp³-hybridized carbons (Fsp3) is 0.400. The molecule has 0 spiro atoms. The van der Waals surface area contributed by atoms with E-state index in [1.165, 1.54) is 0 Å². The maximum atomic E-state index is 12.1. The average Bonchev–Trinajstić information content (AvgIpc) is 3.25. The molecule has 5 rings (SSSR count). The molecule has 2 fully saturated rings. The molecule has 0 unspecified atom stereocenters. The van der Waals surface area contributed by atoms with Crippen LogP contribution in [0.4, 0.5) is 5.82 Å². The first-order valence-corrected chi connectivity index (χ1v) is 9.49. The van der Waals surface area contributed by atoms with Crippen LogP contribution in [0, 0.1) is 17.8 Å². The van der Waals surface area contributed by atoms with Crippen LogP contribution in [0.5, 0.6) is 0 Å². The van der Waals surface area contributed by atoms with Crippen molar-refractivity contribution in [2.45, 2.75) is 25.8 Å². The monoisotopic (exact) mass is 376 g/mol. The van der Waals surface area contributed by atoms with Gasteiger partial charge >= 0.3 is 0 Å². The Morgan fingerprint density at radius 3 is 3.04 bits per heavy atom. The summed E-state index contributed by atoms with van der Waals surface area (Å²) in [7, 11) is 0. The highest BCUT2D eigenvalue weighted by Crippen LogP contribution is 2.30. The number of ether oxygens (including phenoxy) is 1. The molecule has 28 heavy (non-hydrogen) atoms. The number of nitrogens with one attached hydrogen (secondary N) is 1. The Hall–Kier alpha value is -3.18. The number of aromatic amines is 1. The zero-order valence-electron chi connectivity index (χ0n) is 15.6. The van der Waals surface area contributed by atoms with Gasteiger partial charge in [0, 0.05) is 24.1 Å². The lowest BCUT2D eigenvalue weighted by Crippen LogP contribution is -2.44. The predicted molar refractivity (Wildman–Crippen MR) is 103 cm³/mol. The molecule has 1 atom stereocenters. The molecule has 2 aliphatic rings. The van der Waals surface area contributed by atoms with Crippen molar-refractivity contribution >= 4 is 22.6 Å². The molecule has 0 bridgehead atoms. The van der Waals surface area contributed by atoms with E-state index in [9.17, 15) is 4.79 Å². The zero-order valence-corrected chi connectivity index (χ0v) is 15.6. The largest absolute Gasteiger partial charge is 0.377 e. The van der Waals surface area contributed by atoms with E-state index >= 15 is 0 Å². The summed E-state index contributed by atoms with van der Waals surface area (Å²) in [5.74, 6) is 7.59. The van der Waals surface area contributed by atoms with E-state index in [0.29, 0.717) is 18.9 Å². The molecule has 0 amide bonds. The van der Waals surface area contributed by atoms with Crippen LogP contribution in [-0.4, -0.2) is 56.5 Å². The van der Waals surface area contributed by atoms with E-state index in [0.717, 1.165) is 42.0 Å². The first-order valence-electron chi connectivity index (χ1n) is 9.49. The van der Waals surface area contributed by atoms with Crippen LogP contribution in [0.2, 0.25) is 0 Å². The summed E-state index contributed by atoms with van der Waals surface area (Å²) in [6.07, 6.45) is 5.31. The Morgan fingerprint density at radius 1 is 1.39 bits per heavy atom. The fourth-order valence-electron chi connectivity index (χ4n) is 3.42. The van der Waals surface area contributed by atoms with Gasteiger partial charge in [0.05, 0.1) is 37.0 Å². The summed E-state index contributed by atoms with van der Waals surface area (Å²) in [5, 5.41) is 12.2. The van der Waals surface area contributed by atoms with Gasteiger partial charge in [0.25, 0.3) is 0 Å². The van der Waals surface area contributed by atoms with Gasteiger partial charge in [-0.05, 0) is 31.8 Å². The average molecular weight is 376 g/mol. The van der Waals surface area contributed by atoms with Gasteiger partial charge < -0.3 is 9.64 Å². The highest BCUT2D eigenvalue weighted by molar-refractivity contribution is 6.00. The Bertz CT molecular complexity index is 1090. The summed E-state index contributed by atoms with van der Waals surface area (Å²) < 4.78 is 7.27. The van der Waals surface area contributed by atoms with Gasteiger partial charge in [-0.3, -0.25) is 9.89 Å². The van der Waals surface area contributed by atoms with Gasteiger partial charge in [0.2, 0.25) is 5.78 Å². The minimum Gasteiger partial charge on any atom is -0.377 e. The van der Waals surface area contributed by atoms with Crippen molar-refractivity contribution < 1.29 is 9.53 Å². The van der Waals surface area contributed by atoms with Crippen LogP contribution in [0.15, 0.2) is 24.5 Å². The number of hydrogen-bond acceptors (Lipinski definition) is 6. The number of hydrogen-bond donors (Lipinski definition) is 1. The van der Waals surface area contributed by atoms with Gasteiger partial charge in [0.15, 0.2) is 11.5 Å². The highest BCUT2D eigenvalue weighted by atomic mass is 16.5. The Morgan fingerprint density at radius 2 is 2.29 bits per heavy atom. The molecule has 1 aliphatic heterocycles. The van der Waals surface area contributed by atoms with Crippen molar-refractivity contribution in [1.82, 2.24) is 25.0 Å². The lowest BCUT2D eigenvalue weighted by atomic mass is 10.1. The first-order chi connectivity index (χ1) is 13.7. The van der Waals surface area contributed by atoms with E-state index in [2.05, 4.69) is 39.0 Å². The molecule has 8 heteroatoms. The number of H-pyrrole nitrogens is 1. The number of Topliss-reactive ketones (excluding diaryl/α,β-unsaturated/α-hetero) is 1. The van der Waals surface area contributed by atoms with Crippen LogP contribution in [0.1, 0.15) is 25.3 Å². The Kier molecular flexibility index (Phi) is 4.10. The van der Waals surface area contributed by atoms with Crippen LogP contribution in [0.25, 0.3) is 16.9 Å². The number of carbonyl (C=O) groups excluding carboxylic acids is 1. The zero-order chi connectivity index (χ0) is 19.1. The maximum Gasteiger partial charge on any atom is 0.208 e. The second-order valence-corrected chi connectivity index (χ2v) is 7.27. The molecule has 3 aromatic rings. The minimum atomic E-state index is 0.0206. The molecule has 0 aromatic carbocycles. The van der Waals surface area contributed by atoms with Crippen molar-refractivity contribution in [2.75, 3.05) is 24.7 Å². The maximum absolute atomic E-state index is 12.1. The van der Waals surface area contributed by atoms with Gasteiger partial charge in [-0.15, -0.1) is 0 Å². The van der Waals surface area contributed by atoms with E-state index in [4.69, 9.17) is 9.72 Å². The molecule has 1 aliphatic carbocycles. The Balaban J connectivity index is 1.64. The lowest BCUT2D eigenvalue weighted by Gasteiger charge is -2.34. The first kappa shape index (κ1) is 17.0. The number of fused-ring (bicyclic) bond motifs is 1. The van der Waals surface area contributed by atoms with Gasteiger partial charge in [-0.25, -0.2) is 4.98 Å². The van der Waals surface area contributed by atoms with E-state index < -0.39 is 0 Å². The third kappa shape index (κ3) is 3.04. The molecule has 4 heterocycles. The van der Waals surface area contributed by atoms with E-state index in [1.54, 1.807) is 17.1 Å². The molecule has 1 saturated heterocycles. The molecule has 3 aromatic heterocycles. The highest BCUT2D eigenvalue weighted by Gasteiger charge is 2.28. The molecule has 0 radical (unpaired) electrons. The quantitative estimate of drug-likeness (QED) is 0.700. The van der Waals surface area contributed by atoms with Crippen LogP contribution in [-0.2, 0) is 9.53 Å². The van der Waals surface area contributed by atoms with E-state index in [-0.39, 0.29) is 17.7 Å². The number of aromatic nitrogens is 5. The summed E-state index contributed by atoms with van der Waals surface area (Å²) in [5.41, 5.74) is 1.45. The van der Waals surface area contributed by atoms with Crippen molar-refractivity contribution in [3.63, 3.8) is 0 Å². The van der Waals surface area contributed by atoms with Crippen LogP contribution in [0.3, 0.4) is 0 Å². The number of ketones is 1. The van der Waals surface area contributed by atoms with Crippen LogP contribution < -0.4 is 4.90 Å². The second-order valence-electron chi connectivity index (χ2n) is 7.27. The normalized spacial score (nSPS) is 19.5. The second kappa shape index (κ2) is 6.77. The summed E-state index contributed by atoms with van der Waals surface area (Å²) in [6.45, 7) is 4.18. The molecular weight excluding hydrogens is 356 g/mol. The molecular formula is C20H20N6O2. The molecule has 8 nitrogen and oxygen atoms in total. The molecule has 1 N–H and O–H groups in total. The number of rotatable bonds is 3. The summed E-state index contributed by atoms with van der Waals surface area (Å²) in [6, 6.07) is 3.99.